The summed E-state index contributed by atoms with van der Waals surface area (Å²) in [6, 6.07) is 1.37. The summed E-state index contributed by atoms with van der Waals surface area (Å²) >= 11 is 0. The third kappa shape index (κ3) is 3.05. The van der Waals surface area contributed by atoms with Gasteiger partial charge in [0.1, 0.15) is 18.4 Å². The van der Waals surface area contributed by atoms with E-state index >= 15 is 0 Å². The van der Waals surface area contributed by atoms with Crippen LogP contribution in [-0.2, 0) is 4.79 Å². The Morgan fingerprint density at radius 1 is 1.62 bits per heavy atom. The van der Waals surface area contributed by atoms with Gasteiger partial charge in [0.15, 0.2) is 0 Å². The lowest BCUT2D eigenvalue weighted by Crippen LogP contribution is -2.33. The van der Waals surface area contributed by atoms with Gasteiger partial charge in [0.25, 0.3) is 5.82 Å². The second-order valence-corrected chi connectivity index (χ2v) is 3.97. The minimum Gasteiger partial charge on any atom is -0.354 e. The quantitative estimate of drug-likeness (QED) is 0.801. The largest absolute Gasteiger partial charge is 0.354 e. The zero-order valence-electron chi connectivity index (χ0n) is 9.64. The molecule has 0 aliphatic heterocycles. The van der Waals surface area contributed by atoms with Crippen LogP contribution in [0.1, 0.15) is 32.6 Å². The molecule has 0 saturated heterocycles. The monoisotopic (exact) mass is 221 g/mol. The van der Waals surface area contributed by atoms with Gasteiger partial charge in [-0.2, -0.15) is 5.26 Å². The summed E-state index contributed by atoms with van der Waals surface area (Å²) in [5.74, 6) is 0.355. The van der Waals surface area contributed by atoms with Crippen LogP contribution >= 0.6 is 0 Å². The molecule has 16 heavy (non-hydrogen) atoms. The van der Waals surface area contributed by atoms with Gasteiger partial charge >= 0.3 is 0 Å². The third-order valence-electron chi connectivity index (χ3n) is 2.07. The number of nitrogens with zero attached hydrogens (tertiary/aromatic N) is 4. The first-order chi connectivity index (χ1) is 7.54. The van der Waals surface area contributed by atoms with Crippen molar-refractivity contribution in [2.75, 3.05) is 6.54 Å². The highest BCUT2D eigenvalue weighted by Gasteiger charge is 2.16. The number of hydrogen-bond donors (Lipinski definition) is 1. The predicted octanol–water partition coefficient (Wildman–Crippen LogP) is 0.483. The standard InChI is InChI=1S/C10H15N5O/c1-7(2)5-12-10(16)8(3)15-6-13-9(4-11)14-15/h6-8H,5H2,1-3H3,(H,12,16). The van der Waals surface area contributed by atoms with Crippen LogP contribution in [0.4, 0.5) is 0 Å². The molecular formula is C10H15N5O. The minimum absolute atomic E-state index is 0.0727. The van der Waals surface area contributed by atoms with Crippen molar-refractivity contribution in [3.8, 4) is 6.07 Å². The Labute approximate surface area is 94.3 Å². The van der Waals surface area contributed by atoms with Crippen LogP contribution in [0.5, 0.6) is 0 Å². The molecule has 0 bridgehead atoms. The molecule has 1 unspecified atom stereocenters. The number of aromatic nitrogens is 3. The van der Waals surface area contributed by atoms with Crippen molar-refractivity contribution >= 4 is 5.91 Å². The summed E-state index contributed by atoms with van der Waals surface area (Å²) in [6.07, 6.45) is 1.39. The number of hydrogen-bond acceptors (Lipinski definition) is 4. The van der Waals surface area contributed by atoms with E-state index in [4.69, 9.17) is 5.26 Å². The molecule has 1 rings (SSSR count). The molecule has 0 fully saturated rings. The highest BCUT2D eigenvalue weighted by atomic mass is 16.2. The molecule has 1 aromatic heterocycles. The molecule has 0 aliphatic carbocycles. The van der Waals surface area contributed by atoms with Crippen LogP contribution < -0.4 is 5.32 Å². The van der Waals surface area contributed by atoms with E-state index in [-0.39, 0.29) is 11.7 Å². The lowest BCUT2D eigenvalue weighted by molar-refractivity contribution is -0.124. The van der Waals surface area contributed by atoms with Crippen molar-refractivity contribution in [1.29, 1.82) is 5.26 Å². The van der Waals surface area contributed by atoms with Crippen molar-refractivity contribution < 1.29 is 4.79 Å². The second-order valence-electron chi connectivity index (χ2n) is 3.97. The van der Waals surface area contributed by atoms with Gasteiger partial charge in [0.05, 0.1) is 0 Å². The molecule has 6 heteroatoms. The number of nitrogens with one attached hydrogen (secondary N) is 1. The van der Waals surface area contributed by atoms with E-state index in [1.807, 2.05) is 19.9 Å². The Morgan fingerprint density at radius 2 is 2.31 bits per heavy atom. The average molecular weight is 221 g/mol. The molecule has 0 radical (unpaired) electrons. The minimum atomic E-state index is -0.451. The van der Waals surface area contributed by atoms with E-state index < -0.39 is 6.04 Å². The Bertz CT molecular complexity index is 404. The molecule has 1 N–H and O–H groups in total. The van der Waals surface area contributed by atoms with Crippen LogP contribution in [0.2, 0.25) is 0 Å². The van der Waals surface area contributed by atoms with Crippen LogP contribution in [0.25, 0.3) is 0 Å². The maximum Gasteiger partial charge on any atom is 0.252 e. The van der Waals surface area contributed by atoms with Crippen molar-refractivity contribution in [3.05, 3.63) is 12.2 Å². The highest BCUT2D eigenvalue weighted by molar-refractivity contribution is 5.79. The maximum atomic E-state index is 11.7. The first-order valence-corrected chi connectivity index (χ1v) is 5.13. The maximum absolute atomic E-state index is 11.7. The number of rotatable bonds is 4. The molecular weight excluding hydrogens is 206 g/mol. The zero-order valence-corrected chi connectivity index (χ0v) is 9.64. The molecule has 1 amide bonds. The van der Waals surface area contributed by atoms with E-state index in [2.05, 4.69) is 15.4 Å². The molecule has 0 aliphatic rings. The summed E-state index contributed by atoms with van der Waals surface area (Å²) in [7, 11) is 0. The summed E-state index contributed by atoms with van der Waals surface area (Å²) in [6.45, 7) is 6.39. The van der Waals surface area contributed by atoms with Crippen molar-refractivity contribution in [2.45, 2.75) is 26.8 Å². The van der Waals surface area contributed by atoms with Gasteiger partial charge in [-0.15, -0.1) is 5.10 Å². The second kappa shape index (κ2) is 5.26. The van der Waals surface area contributed by atoms with Crippen LogP contribution in [-0.4, -0.2) is 27.2 Å². The van der Waals surface area contributed by atoms with Crippen molar-refractivity contribution in [1.82, 2.24) is 20.1 Å². The van der Waals surface area contributed by atoms with Crippen molar-refractivity contribution in [2.24, 2.45) is 5.92 Å². The molecule has 0 spiro atoms. The Kier molecular flexibility index (Phi) is 4.00. The zero-order chi connectivity index (χ0) is 12.1. The number of nitriles is 1. The van der Waals surface area contributed by atoms with E-state index in [9.17, 15) is 4.79 Å². The van der Waals surface area contributed by atoms with Gasteiger partial charge in [-0.3, -0.25) is 4.79 Å². The predicted molar refractivity (Wildman–Crippen MR) is 57.3 cm³/mol. The van der Waals surface area contributed by atoms with Crippen LogP contribution in [0, 0.1) is 17.2 Å². The first-order valence-electron chi connectivity index (χ1n) is 5.13. The molecule has 1 atom stereocenters. The van der Waals surface area contributed by atoms with Crippen LogP contribution in [0.3, 0.4) is 0 Å². The van der Waals surface area contributed by atoms with Gasteiger partial charge in [0.2, 0.25) is 5.91 Å². The van der Waals surface area contributed by atoms with E-state index in [1.54, 1.807) is 6.92 Å². The SMILES string of the molecule is CC(C)CNC(=O)C(C)n1cnc(C#N)n1. The molecule has 6 nitrogen and oxygen atoms in total. The number of carbonyl (C=O) groups is 1. The fourth-order valence-electron chi connectivity index (χ4n) is 1.09. The first kappa shape index (κ1) is 12.2. The summed E-state index contributed by atoms with van der Waals surface area (Å²) < 4.78 is 1.38. The average Bonchev–Trinajstić information content (AvgIpc) is 2.73. The topological polar surface area (TPSA) is 83.6 Å². The molecule has 1 heterocycles. The molecule has 1 aromatic rings. The number of carbonyl (C=O) groups excluding carboxylic acids is 1. The Morgan fingerprint density at radius 3 is 2.81 bits per heavy atom. The van der Waals surface area contributed by atoms with E-state index in [1.165, 1.54) is 11.0 Å². The van der Waals surface area contributed by atoms with Crippen LogP contribution in [0.15, 0.2) is 6.33 Å². The van der Waals surface area contributed by atoms with Gasteiger partial charge in [0, 0.05) is 6.54 Å². The summed E-state index contributed by atoms with van der Waals surface area (Å²) in [4.78, 5) is 15.4. The fraction of sp³-hybridized carbons (Fsp3) is 0.600. The molecule has 0 aromatic carbocycles. The molecule has 0 saturated carbocycles. The van der Waals surface area contributed by atoms with E-state index in [0.29, 0.717) is 12.5 Å². The van der Waals surface area contributed by atoms with Gasteiger partial charge in [-0.25, -0.2) is 9.67 Å². The normalized spacial score (nSPS) is 12.2. The fourth-order valence-corrected chi connectivity index (χ4v) is 1.09. The third-order valence-corrected chi connectivity index (χ3v) is 2.07. The molecule has 86 valence electrons. The Hall–Kier alpha value is -1.90. The van der Waals surface area contributed by atoms with Gasteiger partial charge in [-0.05, 0) is 12.8 Å². The van der Waals surface area contributed by atoms with Gasteiger partial charge in [-0.1, -0.05) is 13.8 Å². The lowest BCUT2D eigenvalue weighted by atomic mass is 10.2. The highest BCUT2D eigenvalue weighted by Crippen LogP contribution is 2.03. The summed E-state index contributed by atoms with van der Waals surface area (Å²) in [5, 5.41) is 15.2. The lowest BCUT2D eigenvalue weighted by Gasteiger charge is -2.13. The van der Waals surface area contributed by atoms with E-state index in [0.717, 1.165) is 0 Å². The smallest absolute Gasteiger partial charge is 0.252 e. The van der Waals surface area contributed by atoms with Crippen molar-refractivity contribution in [3.63, 3.8) is 0 Å². The Balaban J connectivity index is 2.60. The van der Waals surface area contributed by atoms with Gasteiger partial charge < -0.3 is 5.32 Å². The number of amides is 1. The summed E-state index contributed by atoms with van der Waals surface area (Å²) in [5.41, 5.74) is 0.